The van der Waals surface area contributed by atoms with Crippen molar-refractivity contribution < 1.29 is 18.0 Å². The molecule has 2 aromatic heterocycles. The number of aromatic nitrogens is 4. The summed E-state index contributed by atoms with van der Waals surface area (Å²) in [7, 11) is 0. The van der Waals surface area contributed by atoms with Crippen molar-refractivity contribution in [3.8, 4) is 11.3 Å². The van der Waals surface area contributed by atoms with Crippen molar-refractivity contribution in [2.45, 2.75) is 6.18 Å². The number of nitrogens with zero attached hydrogens (tertiary/aromatic N) is 4. The van der Waals surface area contributed by atoms with Crippen LogP contribution in [-0.2, 0) is 6.18 Å². The van der Waals surface area contributed by atoms with E-state index in [0.29, 0.717) is 20.2 Å². The van der Waals surface area contributed by atoms with E-state index in [1.807, 2.05) is 0 Å². The molecule has 0 bridgehead atoms. The maximum Gasteiger partial charge on any atom is 0.433 e. The maximum atomic E-state index is 13.6. The third-order valence-electron chi connectivity index (χ3n) is 4.00. The predicted molar refractivity (Wildman–Crippen MR) is 103 cm³/mol. The summed E-state index contributed by atoms with van der Waals surface area (Å²) in [5, 5.41) is 6.29. The van der Waals surface area contributed by atoms with Crippen molar-refractivity contribution >= 4 is 33.3 Å². The molecular formula is C19H11BrF3N5O. The van der Waals surface area contributed by atoms with Gasteiger partial charge in [0.25, 0.3) is 11.7 Å². The van der Waals surface area contributed by atoms with Gasteiger partial charge in [0.1, 0.15) is 0 Å². The van der Waals surface area contributed by atoms with E-state index in [9.17, 15) is 18.0 Å². The molecule has 0 saturated heterocycles. The van der Waals surface area contributed by atoms with Crippen LogP contribution in [0.2, 0.25) is 0 Å². The number of rotatable bonds is 3. The Bertz CT molecular complexity index is 1210. The van der Waals surface area contributed by atoms with Gasteiger partial charge in [0.05, 0.1) is 11.4 Å². The van der Waals surface area contributed by atoms with E-state index in [0.717, 1.165) is 6.07 Å². The Balaban J connectivity index is 1.80. The number of carbonyl (C=O) groups is 1. The fourth-order valence-electron chi connectivity index (χ4n) is 2.66. The summed E-state index contributed by atoms with van der Waals surface area (Å²) >= 11 is 3.28. The first-order chi connectivity index (χ1) is 13.8. The topological polar surface area (TPSA) is 72.2 Å². The molecule has 10 heteroatoms. The van der Waals surface area contributed by atoms with Gasteiger partial charge in [-0.2, -0.15) is 22.7 Å². The average molecular weight is 462 g/mol. The number of fused-ring (bicyclic) bond motifs is 1. The van der Waals surface area contributed by atoms with Crippen LogP contribution >= 0.6 is 15.9 Å². The smallest absolute Gasteiger partial charge is 0.318 e. The molecule has 0 atom stereocenters. The highest BCUT2D eigenvalue weighted by atomic mass is 79.9. The molecule has 0 spiro atoms. The summed E-state index contributed by atoms with van der Waals surface area (Å²) in [6.07, 6.45) is -4.71. The van der Waals surface area contributed by atoms with E-state index in [2.05, 4.69) is 36.3 Å². The summed E-state index contributed by atoms with van der Waals surface area (Å²) in [4.78, 5) is 20.5. The molecule has 1 N–H and O–H groups in total. The predicted octanol–water partition coefficient (Wildman–Crippen LogP) is 4.82. The van der Waals surface area contributed by atoms with E-state index in [-0.39, 0.29) is 11.5 Å². The highest BCUT2D eigenvalue weighted by Crippen LogP contribution is 2.32. The first-order valence-corrected chi connectivity index (χ1v) is 9.08. The fraction of sp³-hybridized carbons (Fsp3) is 0.0526. The number of benzene rings is 2. The van der Waals surface area contributed by atoms with Gasteiger partial charge in [0.2, 0.25) is 5.82 Å². The number of halogens is 4. The van der Waals surface area contributed by atoms with Crippen molar-refractivity contribution in [3.63, 3.8) is 0 Å². The molecule has 2 heterocycles. The van der Waals surface area contributed by atoms with Crippen molar-refractivity contribution in [3.05, 3.63) is 76.7 Å². The first-order valence-electron chi connectivity index (χ1n) is 8.29. The second kappa shape index (κ2) is 7.28. The largest absolute Gasteiger partial charge is 0.433 e. The van der Waals surface area contributed by atoms with E-state index in [1.54, 1.807) is 54.6 Å². The lowest BCUT2D eigenvalue weighted by Crippen LogP contribution is -2.16. The number of anilines is 1. The zero-order chi connectivity index (χ0) is 20.6. The highest BCUT2D eigenvalue weighted by molar-refractivity contribution is 9.10. The van der Waals surface area contributed by atoms with Crippen LogP contribution in [-0.4, -0.2) is 25.5 Å². The van der Waals surface area contributed by atoms with Crippen LogP contribution in [0.4, 0.5) is 18.9 Å². The lowest BCUT2D eigenvalue weighted by atomic mass is 10.1. The van der Waals surface area contributed by atoms with Crippen molar-refractivity contribution in [2.75, 3.05) is 5.32 Å². The standard InChI is InChI=1S/C19H11BrF3N5O/c20-12-8-4-5-9-13(12)24-17(29)16-26-18-25-14(11-6-2-1-3-7-11)10-15(19(21,22)23)28(18)27-16/h1-10H,(H,24,29). The third-order valence-corrected chi connectivity index (χ3v) is 4.69. The van der Waals surface area contributed by atoms with Crippen LogP contribution in [0.5, 0.6) is 0 Å². The number of nitrogens with one attached hydrogen (secondary N) is 1. The maximum absolute atomic E-state index is 13.6. The van der Waals surface area contributed by atoms with Crippen LogP contribution in [0.15, 0.2) is 65.1 Å². The van der Waals surface area contributed by atoms with Crippen LogP contribution in [0.3, 0.4) is 0 Å². The Morgan fingerprint density at radius 3 is 2.38 bits per heavy atom. The Morgan fingerprint density at radius 2 is 1.69 bits per heavy atom. The zero-order valence-corrected chi connectivity index (χ0v) is 16.1. The molecule has 0 aliphatic heterocycles. The summed E-state index contributed by atoms with van der Waals surface area (Å²) in [6, 6.07) is 16.1. The zero-order valence-electron chi connectivity index (χ0n) is 14.5. The van der Waals surface area contributed by atoms with Crippen molar-refractivity contribution in [1.82, 2.24) is 19.6 Å². The molecule has 29 heavy (non-hydrogen) atoms. The second-order valence-corrected chi connectivity index (χ2v) is 6.83. The molecule has 0 aliphatic carbocycles. The van der Waals surface area contributed by atoms with E-state index >= 15 is 0 Å². The Labute approximate surface area is 170 Å². The molecule has 4 aromatic rings. The Hall–Kier alpha value is -3.27. The summed E-state index contributed by atoms with van der Waals surface area (Å²) < 4.78 is 41.9. The van der Waals surface area contributed by atoms with Gasteiger partial charge in [-0.05, 0) is 34.1 Å². The van der Waals surface area contributed by atoms with Gasteiger partial charge >= 0.3 is 6.18 Å². The van der Waals surface area contributed by atoms with Gasteiger partial charge in [-0.3, -0.25) is 4.79 Å². The molecule has 146 valence electrons. The molecule has 6 nitrogen and oxygen atoms in total. The van der Waals surface area contributed by atoms with Crippen LogP contribution in [0, 0.1) is 0 Å². The minimum atomic E-state index is -4.71. The number of para-hydroxylation sites is 1. The number of hydrogen-bond acceptors (Lipinski definition) is 4. The molecule has 4 rings (SSSR count). The van der Waals surface area contributed by atoms with Gasteiger partial charge in [-0.25, -0.2) is 4.98 Å². The lowest BCUT2D eigenvalue weighted by molar-refractivity contribution is -0.142. The molecular weight excluding hydrogens is 451 g/mol. The van der Waals surface area contributed by atoms with Crippen molar-refractivity contribution in [1.29, 1.82) is 0 Å². The van der Waals surface area contributed by atoms with Crippen molar-refractivity contribution in [2.24, 2.45) is 0 Å². The second-order valence-electron chi connectivity index (χ2n) is 5.97. The van der Waals surface area contributed by atoms with Gasteiger partial charge in [-0.15, -0.1) is 5.10 Å². The Morgan fingerprint density at radius 1 is 1.00 bits per heavy atom. The highest BCUT2D eigenvalue weighted by Gasteiger charge is 2.36. The van der Waals surface area contributed by atoms with Crippen LogP contribution in [0.25, 0.3) is 17.0 Å². The molecule has 0 aliphatic rings. The fourth-order valence-corrected chi connectivity index (χ4v) is 3.05. The minimum Gasteiger partial charge on any atom is -0.318 e. The third kappa shape index (κ3) is 3.83. The average Bonchev–Trinajstić information content (AvgIpc) is 3.13. The van der Waals surface area contributed by atoms with Crippen LogP contribution in [0.1, 0.15) is 16.3 Å². The summed E-state index contributed by atoms with van der Waals surface area (Å²) in [6.45, 7) is 0. The molecule has 0 saturated carbocycles. The van der Waals surface area contributed by atoms with Gasteiger partial charge in [0.15, 0.2) is 5.69 Å². The Kier molecular flexibility index (Phi) is 4.79. The lowest BCUT2D eigenvalue weighted by Gasteiger charge is -2.10. The van der Waals surface area contributed by atoms with Gasteiger partial charge < -0.3 is 5.32 Å². The minimum absolute atomic E-state index is 0.0792. The van der Waals surface area contributed by atoms with Gasteiger partial charge in [-0.1, -0.05) is 42.5 Å². The molecule has 1 amide bonds. The number of amides is 1. The van der Waals surface area contributed by atoms with Crippen LogP contribution < -0.4 is 5.32 Å². The molecule has 0 radical (unpaired) electrons. The SMILES string of the molecule is O=C(Nc1ccccc1Br)c1nc2nc(-c3ccccc3)cc(C(F)(F)F)n2n1. The molecule has 0 fully saturated rings. The first kappa shape index (κ1) is 19.1. The quantitative estimate of drug-likeness (QED) is 0.474. The van der Waals surface area contributed by atoms with E-state index in [1.165, 1.54) is 0 Å². The van der Waals surface area contributed by atoms with Gasteiger partial charge in [0, 0.05) is 10.0 Å². The molecule has 2 aromatic carbocycles. The summed E-state index contributed by atoms with van der Waals surface area (Å²) in [5.74, 6) is -1.50. The number of carbonyl (C=O) groups excluding carboxylic acids is 1. The number of hydrogen-bond donors (Lipinski definition) is 1. The van der Waals surface area contributed by atoms with E-state index in [4.69, 9.17) is 0 Å². The summed E-state index contributed by atoms with van der Waals surface area (Å²) in [5.41, 5.74) is -0.0718. The van der Waals surface area contributed by atoms with E-state index < -0.39 is 23.6 Å². The normalized spacial score (nSPS) is 11.6. The monoisotopic (exact) mass is 461 g/mol. The molecule has 0 unspecified atom stereocenters. The number of alkyl halides is 3.